The summed E-state index contributed by atoms with van der Waals surface area (Å²) in [6, 6.07) is 18.6. The molecule has 0 saturated carbocycles. The molecule has 31 heavy (non-hydrogen) atoms. The fourth-order valence-corrected chi connectivity index (χ4v) is 4.67. The van der Waals surface area contributed by atoms with Crippen molar-refractivity contribution in [1.82, 2.24) is 4.31 Å². The zero-order chi connectivity index (χ0) is 22.4. The highest BCUT2D eigenvalue weighted by Gasteiger charge is 2.22. The summed E-state index contributed by atoms with van der Waals surface area (Å²) < 4.78 is 31.4. The minimum Gasteiger partial charge on any atom is -0.452 e. The number of nitrogens with zero attached hydrogens (tertiary/aromatic N) is 1. The van der Waals surface area contributed by atoms with Crippen molar-refractivity contribution in [1.29, 1.82) is 0 Å². The molecule has 0 heterocycles. The lowest BCUT2D eigenvalue weighted by atomic mass is 10.1. The molecule has 0 unspecified atom stereocenters. The van der Waals surface area contributed by atoms with E-state index in [2.05, 4.69) is 5.32 Å². The molecule has 0 radical (unpaired) electrons. The third-order valence-electron chi connectivity index (χ3n) is 4.83. The van der Waals surface area contributed by atoms with Crippen molar-refractivity contribution in [2.24, 2.45) is 0 Å². The number of sulfonamides is 1. The van der Waals surface area contributed by atoms with Gasteiger partial charge in [-0.2, -0.15) is 4.31 Å². The molecule has 0 aliphatic heterocycles. The summed E-state index contributed by atoms with van der Waals surface area (Å²) in [6.07, 6.45) is 0. The quantitative estimate of drug-likeness (QED) is 0.540. The molecular formula is C23H24N2O5S. The first-order valence-corrected chi connectivity index (χ1v) is 11.4. The highest BCUT2D eigenvalue weighted by atomic mass is 32.2. The normalized spacial score (nSPS) is 11.5. The summed E-state index contributed by atoms with van der Waals surface area (Å²) in [5, 5.41) is 4.61. The Hall–Kier alpha value is -3.23. The number of fused-ring (bicyclic) bond motifs is 1. The molecule has 3 rings (SSSR count). The largest absolute Gasteiger partial charge is 0.452 e. The van der Waals surface area contributed by atoms with Gasteiger partial charge in [-0.3, -0.25) is 4.79 Å². The van der Waals surface area contributed by atoms with Crippen molar-refractivity contribution < 1.29 is 22.7 Å². The van der Waals surface area contributed by atoms with E-state index in [0.717, 1.165) is 10.8 Å². The molecule has 0 atom stereocenters. The maximum atomic E-state index is 12.5. The number of rotatable bonds is 8. The lowest BCUT2D eigenvalue weighted by molar-refractivity contribution is -0.119. The van der Waals surface area contributed by atoms with Gasteiger partial charge in [-0.15, -0.1) is 0 Å². The number of amides is 1. The number of hydrogen-bond acceptors (Lipinski definition) is 5. The molecule has 0 bridgehead atoms. The predicted octanol–water partition coefficient (Wildman–Crippen LogP) is 3.67. The molecule has 1 amide bonds. The number of hydrogen-bond donors (Lipinski definition) is 1. The van der Waals surface area contributed by atoms with E-state index >= 15 is 0 Å². The lowest BCUT2D eigenvalue weighted by Gasteiger charge is -2.18. The Morgan fingerprint density at radius 1 is 0.903 bits per heavy atom. The molecule has 8 heteroatoms. The van der Waals surface area contributed by atoms with Crippen LogP contribution in [0.3, 0.4) is 0 Å². The van der Waals surface area contributed by atoms with E-state index in [0.29, 0.717) is 18.8 Å². The van der Waals surface area contributed by atoms with Crippen LogP contribution in [-0.2, 0) is 19.6 Å². The van der Waals surface area contributed by atoms with Crippen LogP contribution in [0.5, 0.6) is 0 Å². The molecule has 0 saturated heterocycles. The van der Waals surface area contributed by atoms with Crippen molar-refractivity contribution in [2.45, 2.75) is 18.7 Å². The van der Waals surface area contributed by atoms with Gasteiger partial charge in [0.15, 0.2) is 6.61 Å². The fraction of sp³-hybridized carbons (Fsp3) is 0.217. The second kappa shape index (κ2) is 9.72. The Bertz CT molecular complexity index is 1180. The van der Waals surface area contributed by atoms with Gasteiger partial charge in [0.05, 0.1) is 10.5 Å². The standard InChI is InChI=1S/C23H24N2O5S/c1-3-25(4-2)31(28,29)19-14-12-18(13-15-19)23(27)30-16-22(26)24-21-11-7-9-17-8-5-6-10-20(17)21/h5-15H,3-4,16H2,1-2H3,(H,24,26). The molecule has 0 aromatic heterocycles. The summed E-state index contributed by atoms with van der Waals surface area (Å²) in [4.78, 5) is 24.6. The minimum atomic E-state index is -3.60. The van der Waals surface area contributed by atoms with E-state index in [9.17, 15) is 18.0 Å². The summed E-state index contributed by atoms with van der Waals surface area (Å²) in [5.41, 5.74) is 0.793. The third-order valence-corrected chi connectivity index (χ3v) is 6.90. The van der Waals surface area contributed by atoms with Crippen LogP contribution in [0.2, 0.25) is 0 Å². The Kier molecular flexibility index (Phi) is 7.04. The number of benzene rings is 3. The van der Waals surface area contributed by atoms with Crippen LogP contribution in [0, 0.1) is 0 Å². The van der Waals surface area contributed by atoms with E-state index in [1.807, 2.05) is 36.4 Å². The second-order valence-electron chi connectivity index (χ2n) is 6.76. The average molecular weight is 441 g/mol. The summed E-state index contributed by atoms with van der Waals surface area (Å²) in [7, 11) is -3.60. The summed E-state index contributed by atoms with van der Waals surface area (Å²) >= 11 is 0. The van der Waals surface area contributed by atoms with Crippen LogP contribution in [0.25, 0.3) is 10.8 Å². The Labute approximate surface area is 181 Å². The van der Waals surface area contributed by atoms with Gasteiger partial charge in [-0.25, -0.2) is 13.2 Å². The number of ether oxygens (including phenoxy) is 1. The highest BCUT2D eigenvalue weighted by Crippen LogP contribution is 2.23. The number of carbonyl (C=O) groups excluding carboxylic acids is 2. The smallest absolute Gasteiger partial charge is 0.338 e. The van der Waals surface area contributed by atoms with Crippen LogP contribution in [0.15, 0.2) is 71.6 Å². The van der Waals surface area contributed by atoms with Crippen molar-refractivity contribution in [3.8, 4) is 0 Å². The number of nitrogens with one attached hydrogen (secondary N) is 1. The summed E-state index contributed by atoms with van der Waals surface area (Å²) in [5.74, 6) is -1.18. The van der Waals surface area contributed by atoms with Crippen LogP contribution in [0.1, 0.15) is 24.2 Å². The second-order valence-corrected chi connectivity index (χ2v) is 8.70. The van der Waals surface area contributed by atoms with Gasteiger partial charge in [-0.05, 0) is 35.7 Å². The highest BCUT2D eigenvalue weighted by molar-refractivity contribution is 7.89. The topological polar surface area (TPSA) is 92.8 Å². The van der Waals surface area contributed by atoms with Crippen LogP contribution < -0.4 is 5.32 Å². The van der Waals surface area contributed by atoms with E-state index in [1.165, 1.54) is 28.6 Å². The zero-order valence-corrected chi connectivity index (χ0v) is 18.2. The lowest BCUT2D eigenvalue weighted by Crippen LogP contribution is -2.30. The molecule has 7 nitrogen and oxygen atoms in total. The van der Waals surface area contributed by atoms with Crippen molar-refractivity contribution in [3.05, 3.63) is 72.3 Å². The number of anilines is 1. The Morgan fingerprint density at radius 3 is 2.23 bits per heavy atom. The molecule has 0 aliphatic carbocycles. The Morgan fingerprint density at radius 2 is 1.55 bits per heavy atom. The maximum absolute atomic E-state index is 12.5. The average Bonchev–Trinajstić information content (AvgIpc) is 2.78. The minimum absolute atomic E-state index is 0.0986. The first-order valence-electron chi connectivity index (χ1n) is 9.91. The van der Waals surface area contributed by atoms with Gasteiger partial charge >= 0.3 is 5.97 Å². The van der Waals surface area contributed by atoms with E-state index in [-0.39, 0.29) is 10.5 Å². The van der Waals surface area contributed by atoms with E-state index in [1.54, 1.807) is 19.9 Å². The van der Waals surface area contributed by atoms with Gasteiger partial charge in [0.1, 0.15) is 0 Å². The SMILES string of the molecule is CCN(CC)S(=O)(=O)c1ccc(C(=O)OCC(=O)Nc2cccc3ccccc23)cc1. The third kappa shape index (κ3) is 5.10. The van der Waals surface area contributed by atoms with E-state index < -0.39 is 28.5 Å². The molecule has 3 aromatic rings. The van der Waals surface area contributed by atoms with Gasteiger partial charge in [-0.1, -0.05) is 50.2 Å². The molecular weight excluding hydrogens is 416 g/mol. The molecule has 0 fully saturated rings. The van der Waals surface area contributed by atoms with Crippen molar-refractivity contribution in [3.63, 3.8) is 0 Å². The Balaban J connectivity index is 1.62. The molecule has 0 spiro atoms. The first-order chi connectivity index (χ1) is 14.9. The summed E-state index contributed by atoms with van der Waals surface area (Å²) in [6.45, 7) is 3.77. The number of carbonyl (C=O) groups is 2. The van der Waals surface area contributed by atoms with Gasteiger partial charge in [0.25, 0.3) is 5.91 Å². The molecule has 162 valence electrons. The zero-order valence-electron chi connectivity index (χ0n) is 17.4. The van der Waals surface area contributed by atoms with Crippen LogP contribution in [0.4, 0.5) is 5.69 Å². The maximum Gasteiger partial charge on any atom is 0.338 e. The molecule has 0 aliphatic rings. The monoisotopic (exact) mass is 440 g/mol. The first kappa shape index (κ1) is 22.5. The van der Waals surface area contributed by atoms with Gasteiger partial charge in [0, 0.05) is 24.2 Å². The van der Waals surface area contributed by atoms with E-state index in [4.69, 9.17) is 4.74 Å². The van der Waals surface area contributed by atoms with Crippen LogP contribution in [-0.4, -0.2) is 44.3 Å². The van der Waals surface area contributed by atoms with Crippen LogP contribution >= 0.6 is 0 Å². The predicted molar refractivity (Wildman–Crippen MR) is 119 cm³/mol. The van der Waals surface area contributed by atoms with Gasteiger partial charge in [0.2, 0.25) is 10.0 Å². The number of esters is 1. The fourth-order valence-electron chi connectivity index (χ4n) is 3.21. The van der Waals surface area contributed by atoms with Crippen molar-refractivity contribution in [2.75, 3.05) is 25.0 Å². The van der Waals surface area contributed by atoms with Crippen molar-refractivity contribution >= 4 is 38.4 Å². The van der Waals surface area contributed by atoms with Gasteiger partial charge < -0.3 is 10.1 Å². The molecule has 1 N–H and O–H groups in total. The molecule has 3 aromatic carbocycles.